The van der Waals surface area contributed by atoms with Crippen LogP contribution in [-0.4, -0.2) is 35.0 Å². The van der Waals surface area contributed by atoms with Crippen LogP contribution in [0.4, 0.5) is 4.39 Å². The standard InChI is InChI=1S/C26H28Cl2FNO4/c1-26(2,3)34-22(31)13-21-25(32)30(14-15-7-8-15)23(19-10-9-18(28)12-20(19)29)24(33-21)16-5-4-6-17(27)11-16/h4-6,9-12,15,21,23-24H,7-8,13-14H2,1-3H3/t21-,23+,24+/m0/s1. The number of carbonyl (C=O) groups excluding carboxylic acids is 2. The first-order valence-corrected chi connectivity index (χ1v) is 12.2. The first-order valence-electron chi connectivity index (χ1n) is 11.4. The predicted molar refractivity (Wildman–Crippen MR) is 128 cm³/mol. The van der Waals surface area contributed by atoms with Crippen molar-refractivity contribution >= 4 is 35.1 Å². The highest BCUT2D eigenvalue weighted by atomic mass is 35.5. The molecule has 5 nitrogen and oxygen atoms in total. The molecule has 8 heteroatoms. The maximum Gasteiger partial charge on any atom is 0.309 e. The minimum absolute atomic E-state index is 0.232. The minimum atomic E-state index is -1.05. The van der Waals surface area contributed by atoms with E-state index >= 15 is 4.39 Å². The molecule has 2 aromatic carbocycles. The van der Waals surface area contributed by atoms with Crippen LogP contribution in [-0.2, 0) is 19.1 Å². The van der Waals surface area contributed by atoms with E-state index in [1.807, 2.05) is 6.07 Å². The number of halogens is 3. The number of hydrogen-bond donors (Lipinski definition) is 0. The Balaban J connectivity index is 1.75. The van der Waals surface area contributed by atoms with Crippen LogP contribution < -0.4 is 0 Å². The van der Waals surface area contributed by atoms with E-state index in [2.05, 4.69) is 0 Å². The molecule has 2 aliphatic rings. The monoisotopic (exact) mass is 507 g/mol. The molecule has 1 heterocycles. The molecular weight excluding hydrogens is 480 g/mol. The van der Waals surface area contributed by atoms with E-state index in [1.165, 1.54) is 6.07 Å². The Morgan fingerprint density at radius 2 is 1.85 bits per heavy atom. The normalized spacial score (nSPS) is 23.2. The van der Waals surface area contributed by atoms with Crippen LogP contribution in [0.5, 0.6) is 0 Å². The highest BCUT2D eigenvalue weighted by molar-refractivity contribution is 6.30. The Morgan fingerprint density at radius 1 is 1.15 bits per heavy atom. The molecule has 0 bridgehead atoms. The van der Waals surface area contributed by atoms with Gasteiger partial charge in [0.2, 0.25) is 0 Å². The Bertz CT molecular complexity index is 1080. The molecule has 1 saturated carbocycles. The molecule has 1 aliphatic heterocycles. The third kappa shape index (κ3) is 5.91. The molecule has 0 spiro atoms. The van der Waals surface area contributed by atoms with Gasteiger partial charge in [0, 0.05) is 22.2 Å². The molecule has 3 atom stereocenters. The Morgan fingerprint density at radius 3 is 2.47 bits per heavy atom. The van der Waals surface area contributed by atoms with Crippen molar-refractivity contribution in [2.45, 2.75) is 63.9 Å². The molecule has 0 radical (unpaired) electrons. The number of rotatable bonds is 6. The van der Waals surface area contributed by atoms with Gasteiger partial charge in [-0.1, -0.05) is 41.4 Å². The lowest BCUT2D eigenvalue weighted by atomic mass is 9.90. The molecule has 182 valence electrons. The summed E-state index contributed by atoms with van der Waals surface area (Å²) in [6.45, 7) is 5.75. The number of amides is 1. The number of esters is 1. The lowest BCUT2D eigenvalue weighted by Gasteiger charge is -2.45. The van der Waals surface area contributed by atoms with Gasteiger partial charge in [0.15, 0.2) is 0 Å². The van der Waals surface area contributed by atoms with Crippen LogP contribution in [0.1, 0.15) is 63.3 Å². The highest BCUT2D eigenvalue weighted by Crippen LogP contribution is 2.46. The summed E-state index contributed by atoms with van der Waals surface area (Å²) in [6, 6.07) is 10.8. The number of nitrogens with zero attached hydrogens (tertiary/aromatic N) is 1. The van der Waals surface area contributed by atoms with Crippen molar-refractivity contribution in [3.05, 3.63) is 69.5 Å². The fraction of sp³-hybridized carbons (Fsp3) is 0.462. The smallest absolute Gasteiger partial charge is 0.309 e. The predicted octanol–water partition coefficient (Wildman–Crippen LogP) is 6.28. The van der Waals surface area contributed by atoms with Gasteiger partial charge in [-0.05, 0) is 69.4 Å². The van der Waals surface area contributed by atoms with Gasteiger partial charge in [0.25, 0.3) is 5.91 Å². The molecule has 0 N–H and O–H groups in total. The SMILES string of the molecule is CC(C)(C)OC(=O)C[C@@H]1O[C@H](c2cccc(Cl)c2)[C@@H](c2ccc(Cl)cc2F)N(CC2CC2)C1=O. The quantitative estimate of drug-likeness (QED) is 0.431. The average molecular weight is 508 g/mol. The maximum atomic E-state index is 15.2. The first-order chi connectivity index (χ1) is 16.0. The van der Waals surface area contributed by atoms with Crippen molar-refractivity contribution in [2.24, 2.45) is 5.92 Å². The lowest BCUT2D eigenvalue weighted by Crippen LogP contribution is -2.52. The zero-order valence-electron chi connectivity index (χ0n) is 19.4. The van der Waals surface area contributed by atoms with Gasteiger partial charge in [0.1, 0.15) is 23.6 Å². The van der Waals surface area contributed by atoms with Gasteiger partial charge in [-0.25, -0.2) is 4.39 Å². The second-order valence-electron chi connectivity index (χ2n) is 9.94. The molecule has 2 aromatic rings. The van der Waals surface area contributed by atoms with Crippen molar-refractivity contribution in [2.75, 3.05) is 6.54 Å². The number of ether oxygens (including phenoxy) is 2. The number of benzene rings is 2. The first kappa shape index (κ1) is 25.0. The number of carbonyl (C=O) groups is 2. The topological polar surface area (TPSA) is 55.8 Å². The van der Waals surface area contributed by atoms with E-state index in [-0.39, 0.29) is 17.4 Å². The molecular formula is C26H28Cl2FNO4. The fourth-order valence-electron chi connectivity index (χ4n) is 4.26. The average Bonchev–Trinajstić information content (AvgIpc) is 3.54. The summed E-state index contributed by atoms with van der Waals surface area (Å²) in [4.78, 5) is 27.9. The summed E-state index contributed by atoms with van der Waals surface area (Å²) in [7, 11) is 0. The fourth-order valence-corrected chi connectivity index (χ4v) is 4.62. The van der Waals surface area contributed by atoms with Crippen LogP contribution in [0.25, 0.3) is 0 Å². The van der Waals surface area contributed by atoms with Gasteiger partial charge in [-0.2, -0.15) is 0 Å². The van der Waals surface area contributed by atoms with Crippen molar-refractivity contribution in [3.8, 4) is 0 Å². The van der Waals surface area contributed by atoms with Gasteiger partial charge >= 0.3 is 5.97 Å². The molecule has 0 aromatic heterocycles. The molecule has 1 aliphatic carbocycles. The van der Waals surface area contributed by atoms with Crippen LogP contribution in [0.15, 0.2) is 42.5 Å². The van der Waals surface area contributed by atoms with Crippen molar-refractivity contribution in [3.63, 3.8) is 0 Å². The van der Waals surface area contributed by atoms with Crippen LogP contribution >= 0.6 is 23.2 Å². The number of hydrogen-bond acceptors (Lipinski definition) is 4. The Kier molecular flexibility index (Phi) is 7.22. The van der Waals surface area contributed by atoms with E-state index in [1.54, 1.807) is 56.0 Å². The molecule has 0 unspecified atom stereocenters. The van der Waals surface area contributed by atoms with Crippen LogP contribution in [0, 0.1) is 11.7 Å². The third-order valence-corrected chi connectivity index (χ3v) is 6.34. The summed E-state index contributed by atoms with van der Waals surface area (Å²) in [6.07, 6.45) is -0.0233. The molecule has 1 saturated heterocycles. The van der Waals surface area contributed by atoms with Gasteiger partial charge in [0.05, 0.1) is 12.5 Å². The summed E-state index contributed by atoms with van der Waals surface area (Å²) >= 11 is 12.3. The summed E-state index contributed by atoms with van der Waals surface area (Å²) in [5, 5.41) is 0.755. The van der Waals surface area contributed by atoms with Gasteiger partial charge in [-0.15, -0.1) is 0 Å². The second kappa shape index (κ2) is 9.84. The largest absolute Gasteiger partial charge is 0.460 e. The van der Waals surface area contributed by atoms with E-state index in [4.69, 9.17) is 32.7 Å². The molecule has 1 amide bonds. The van der Waals surface area contributed by atoms with Crippen molar-refractivity contribution in [1.29, 1.82) is 0 Å². The molecule has 2 fully saturated rings. The Hall–Kier alpha value is -2.15. The summed E-state index contributed by atoms with van der Waals surface area (Å²) in [5.74, 6) is -1.07. The second-order valence-corrected chi connectivity index (χ2v) is 10.8. The zero-order valence-corrected chi connectivity index (χ0v) is 20.9. The third-order valence-electron chi connectivity index (χ3n) is 5.87. The highest BCUT2D eigenvalue weighted by Gasteiger charge is 2.47. The van der Waals surface area contributed by atoms with Crippen LogP contribution in [0.3, 0.4) is 0 Å². The number of morpholine rings is 1. The van der Waals surface area contributed by atoms with Crippen molar-refractivity contribution in [1.82, 2.24) is 4.90 Å². The van der Waals surface area contributed by atoms with Gasteiger partial charge < -0.3 is 14.4 Å². The molecule has 4 rings (SSSR count). The van der Waals surface area contributed by atoms with Crippen molar-refractivity contribution < 1.29 is 23.5 Å². The van der Waals surface area contributed by atoms with E-state index < -0.39 is 35.6 Å². The molecule has 34 heavy (non-hydrogen) atoms. The lowest BCUT2D eigenvalue weighted by molar-refractivity contribution is -0.183. The van der Waals surface area contributed by atoms with E-state index in [0.29, 0.717) is 28.6 Å². The summed E-state index contributed by atoms with van der Waals surface area (Å²) in [5.41, 5.74) is 0.303. The van der Waals surface area contributed by atoms with Crippen LogP contribution in [0.2, 0.25) is 10.0 Å². The van der Waals surface area contributed by atoms with Gasteiger partial charge in [-0.3, -0.25) is 9.59 Å². The van der Waals surface area contributed by atoms with E-state index in [0.717, 1.165) is 12.8 Å². The maximum absolute atomic E-state index is 15.2. The van der Waals surface area contributed by atoms with E-state index in [9.17, 15) is 9.59 Å². The zero-order chi connectivity index (χ0) is 24.6. The minimum Gasteiger partial charge on any atom is -0.460 e. The Labute approximate surface area is 209 Å². The summed E-state index contributed by atoms with van der Waals surface area (Å²) < 4.78 is 26.9.